The molecule has 0 N–H and O–H groups in total. The van der Waals surface area contributed by atoms with Crippen LogP contribution in [0.3, 0.4) is 0 Å². The summed E-state index contributed by atoms with van der Waals surface area (Å²) in [5.74, 6) is 1.22. The highest BCUT2D eigenvalue weighted by atomic mass is 79.9. The number of nitrogens with zero attached hydrogens (tertiary/aromatic N) is 1. The smallest absolute Gasteiger partial charge is 0.230 e. The Kier molecular flexibility index (Phi) is 4.85. The Bertz CT molecular complexity index is 879. The fourth-order valence-corrected chi connectivity index (χ4v) is 4.98. The van der Waals surface area contributed by atoms with Crippen molar-refractivity contribution in [3.8, 4) is 5.75 Å². The van der Waals surface area contributed by atoms with Crippen LogP contribution in [0.25, 0.3) is 0 Å². The van der Waals surface area contributed by atoms with Gasteiger partial charge < -0.3 is 9.64 Å². The topological polar surface area (TPSA) is 29.5 Å². The van der Waals surface area contributed by atoms with Crippen molar-refractivity contribution in [3.63, 3.8) is 0 Å². The van der Waals surface area contributed by atoms with E-state index in [9.17, 15) is 4.79 Å². The first-order valence-corrected chi connectivity index (χ1v) is 10.2. The largest absolute Gasteiger partial charge is 0.496 e. The number of methoxy groups -OCH3 is 1. The number of rotatable bonds is 4. The van der Waals surface area contributed by atoms with E-state index in [0.717, 1.165) is 34.2 Å². The minimum atomic E-state index is -0.360. The molecule has 3 atom stereocenters. The van der Waals surface area contributed by atoms with Gasteiger partial charge in [0.1, 0.15) is 5.75 Å². The molecule has 0 saturated carbocycles. The number of allylic oxidation sites excluding steroid dienone is 1. The average molecular weight is 426 g/mol. The third kappa shape index (κ3) is 3.10. The lowest BCUT2D eigenvalue weighted by Crippen LogP contribution is -2.34. The van der Waals surface area contributed by atoms with Crippen molar-refractivity contribution in [2.24, 2.45) is 11.3 Å². The van der Waals surface area contributed by atoms with E-state index in [4.69, 9.17) is 4.74 Å². The van der Waals surface area contributed by atoms with Crippen molar-refractivity contribution in [2.45, 2.75) is 32.4 Å². The summed E-state index contributed by atoms with van der Waals surface area (Å²) < 4.78 is 6.68. The Balaban J connectivity index is 1.84. The van der Waals surface area contributed by atoms with E-state index in [1.807, 2.05) is 30.3 Å². The Morgan fingerprint density at radius 2 is 2.00 bits per heavy atom. The monoisotopic (exact) mass is 425 g/mol. The first kappa shape index (κ1) is 18.3. The van der Waals surface area contributed by atoms with Crippen LogP contribution >= 0.6 is 15.9 Å². The fraction of sp³-hybridized carbons (Fsp3) is 0.348. The van der Waals surface area contributed by atoms with Crippen LogP contribution in [0.4, 0.5) is 0 Å². The second kappa shape index (κ2) is 7.16. The number of carbonyl (C=O) groups is 1. The van der Waals surface area contributed by atoms with E-state index in [-0.39, 0.29) is 23.3 Å². The van der Waals surface area contributed by atoms with Crippen molar-refractivity contribution in [1.82, 2.24) is 4.90 Å². The van der Waals surface area contributed by atoms with Gasteiger partial charge in [-0.2, -0.15) is 0 Å². The Morgan fingerprint density at radius 1 is 1.22 bits per heavy atom. The van der Waals surface area contributed by atoms with Gasteiger partial charge in [0.2, 0.25) is 5.91 Å². The normalized spacial score (nSPS) is 26.9. The maximum Gasteiger partial charge on any atom is 0.230 e. The van der Waals surface area contributed by atoms with Gasteiger partial charge in [-0.25, -0.2) is 0 Å². The summed E-state index contributed by atoms with van der Waals surface area (Å²) in [5.41, 5.74) is 1.86. The van der Waals surface area contributed by atoms with Crippen LogP contribution in [0.5, 0.6) is 5.75 Å². The van der Waals surface area contributed by atoms with Crippen molar-refractivity contribution in [3.05, 3.63) is 76.3 Å². The zero-order valence-electron chi connectivity index (χ0n) is 15.7. The molecule has 0 bridgehead atoms. The van der Waals surface area contributed by atoms with Gasteiger partial charge >= 0.3 is 0 Å². The molecule has 140 valence electrons. The second-order valence-electron chi connectivity index (χ2n) is 7.66. The molecule has 1 saturated heterocycles. The molecule has 2 unspecified atom stereocenters. The lowest BCUT2D eigenvalue weighted by molar-refractivity contribution is -0.137. The van der Waals surface area contributed by atoms with Gasteiger partial charge in [0.05, 0.1) is 18.6 Å². The summed E-state index contributed by atoms with van der Waals surface area (Å²) in [6, 6.07) is 16.3. The van der Waals surface area contributed by atoms with E-state index in [1.165, 1.54) is 0 Å². The zero-order valence-corrected chi connectivity index (χ0v) is 17.3. The molecule has 1 aliphatic heterocycles. The number of hydrogen-bond donors (Lipinski definition) is 0. The van der Waals surface area contributed by atoms with Gasteiger partial charge in [-0.15, -0.1) is 0 Å². The standard InChI is InChI=1S/C23H24BrNO2/c1-23-13-7-6-10-19(23)21(18-14-17(24)11-12-20(18)27-2)25(22(23)26)15-16-8-4-3-5-9-16/h3-6,8-12,14,19,21H,7,13,15H2,1-2H3/t19?,21?,23-/m1/s1. The van der Waals surface area contributed by atoms with Crippen molar-refractivity contribution >= 4 is 21.8 Å². The number of amides is 1. The number of ether oxygens (including phenoxy) is 1. The molecule has 27 heavy (non-hydrogen) atoms. The molecule has 1 amide bonds. The fourth-order valence-electron chi connectivity index (χ4n) is 4.60. The summed E-state index contributed by atoms with van der Waals surface area (Å²) in [6.07, 6.45) is 6.33. The van der Waals surface area contributed by atoms with Crippen LogP contribution < -0.4 is 4.74 Å². The summed E-state index contributed by atoms with van der Waals surface area (Å²) in [7, 11) is 1.70. The summed E-state index contributed by atoms with van der Waals surface area (Å²) >= 11 is 3.60. The Labute approximate surface area is 169 Å². The molecule has 0 radical (unpaired) electrons. The number of halogens is 1. The maximum atomic E-state index is 13.6. The first-order chi connectivity index (χ1) is 13.0. The van der Waals surface area contributed by atoms with Crippen LogP contribution in [0.15, 0.2) is 65.2 Å². The predicted molar refractivity (Wildman–Crippen MR) is 110 cm³/mol. The highest BCUT2D eigenvalue weighted by molar-refractivity contribution is 9.10. The van der Waals surface area contributed by atoms with Crippen molar-refractivity contribution < 1.29 is 9.53 Å². The van der Waals surface area contributed by atoms with Crippen LogP contribution in [-0.4, -0.2) is 17.9 Å². The van der Waals surface area contributed by atoms with Gasteiger partial charge in [0, 0.05) is 22.5 Å². The summed E-state index contributed by atoms with van der Waals surface area (Å²) in [6.45, 7) is 2.74. The number of likely N-dealkylation sites (tertiary alicyclic amines) is 1. The van der Waals surface area contributed by atoms with Gasteiger partial charge in [-0.1, -0.05) is 65.3 Å². The Hall–Kier alpha value is -2.07. The number of benzene rings is 2. The van der Waals surface area contributed by atoms with Gasteiger partial charge in [-0.05, 0) is 36.6 Å². The maximum absolute atomic E-state index is 13.6. The SMILES string of the molecule is COc1ccc(Br)cc1C1C2C=CCC[C@@]2(C)C(=O)N1Cc1ccccc1. The van der Waals surface area contributed by atoms with E-state index >= 15 is 0 Å². The summed E-state index contributed by atoms with van der Waals surface area (Å²) in [5, 5.41) is 0. The zero-order chi connectivity index (χ0) is 19.0. The lowest BCUT2D eigenvalue weighted by atomic mass is 9.69. The van der Waals surface area contributed by atoms with Crippen molar-refractivity contribution in [2.75, 3.05) is 7.11 Å². The predicted octanol–water partition coefficient (Wildman–Crippen LogP) is 5.51. The molecule has 4 heteroatoms. The second-order valence-corrected chi connectivity index (χ2v) is 8.58. The molecule has 2 aromatic rings. The van der Waals surface area contributed by atoms with Gasteiger partial charge in [0.25, 0.3) is 0 Å². The Morgan fingerprint density at radius 3 is 2.74 bits per heavy atom. The molecule has 0 spiro atoms. The molecule has 1 fully saturated rings. The van der Waals surface area contributed by atoms with Gasteiger partial charge in [-0.3, -0.25) is 4.79 Å². The lowest BCUT2D eigenvalue weighted by Gasteiger charge is -2.32. The highest BCUT2D eigenvalue weighted by Gasteiger charge is 2.56. The molecular weight excluding hydrogens is 402 g/mol. The average Bonchev–Trinajstić information content (AvgIpc) is 2.90. The molecular formula is C23H24BrNO2. The molecule has 1 heterocycles. The molecule has 2 aromatic carbocycles. The third-order valence-electron chi connectivity index (χ3n) is 6.04. The number of hydrogen-bond acceptors (Lipinski definition) is 2. The van der Waals surface area contributed by atoms with E-state index < -0.39 is 0 Å². The number of fused-ring (bicyclic) bond motifs is 1. The van der Waals surface area contributed by atoms with Crippen LogP contribution in [0, 0.1) is 11.3 Å². The van der Waals surface area contributed by atoms with Crippen molar-refractivity contribution in [1.29, 1.82) is 0 Å². The minimum absolute atomic E-state index is 0.0355. The molecule has 2 aliphatic rings. The molecule has 0 aromatic heterocycles. The number of carbonyl (C=O) groups excluding carboxylic acids is 1. The van der Waals surface area contributed by atoms with E-state index in [2.05, 4.69) is 58.1 Å². The molecule has 4 rings (SSSR count). The van der Waals surface area contributed by atoms with E-state index in [0.29, 0.717) is 6.54 Å². The van der Waals surface area contributed by atoms with Crippen LogP contribution in [-0.2, 0) is 11.3 Å². The third-order valence-corrected chi connectivity index (χ3v) is 6.53. The van der Waals surface area contributed by atoms with Gasteiger partial charge in [0.15, 0.2) is 0 Å². The van der Waals surface area contributed by atoms with E-state index in [1.54, 1.807) is 7.11 Å². The first-order valence-electron chi connectivity index (χ1n) is 9.39. The molecule has 3 nitrogen and oxygen atoms in total. The minimum Gasteiger partial charge on any atom is -0.496 e. The highest BCUT2D eigenvalue weighted by Crippen LogP contribution is 2.55. The quantitative estimate of drug-likeness (QED) is 0.603. The van der Waals surface area contributed by atoms with Crippen LogP contribution in [0.1, 0.15) is 36.9 Å². The summed E-state index contributed by atoms with van der Waals surface area (Å²) in [4.78, 5) is 15.6. The molecule has 1 aliphatic carbocycles. The van der Waals surface area contributed by atoms with Crippen LogP contribution in [0.2, 0.25) is 0 Å².